The van der Waals surface area contributed by atoms with E-state index < -0.39 is 0 Å². The third-order valence-electron chi connectivity index (χ3n) is 3.80. The van der Waals surface area contributed by atoms with Gasteiger partial charge in [0, 0.05) is 19.1 Å². The molecule has 1 atom stereocenters. The van der Waals surface area contributed by atoms with Gasteiger partial charge >= 0.3 is 0 Å². The van der Waals surface area contributed by atoms with Gasteiger partial charge in [0.2, 0.25) is 0 Å². The fourth-order valence-electron chi connectivity index (χ4n) is 2.72. The standard InChI is InChI=1S/C13H19ClN2O2/c14-13-12(18-11-3-1-2-4-11)7-15-16(13)8-10-5-6-17-9-10/h7,10-11H,1-6,8-9H2. The van der Waals surface area contributed by atoms with Crippen LogP contribution in [0.5, 0.6) is 5.75 Å². The Labute approximate surface area is 112 Å². The number of halogens is 1. The molecule has 1 saturated heterocycles. The lowest BCUT2D eigenvalue weighted by Crippen LogP contribution is -2.13. The van der Waals surface area contributed by atoms with Crippen LogP contribution in [-0.2, 0) is 11.3 Å². The third kappa shape index (κ3) is 2.64. The van der Waals surface area contributed by atoms with E-state index in [0.29, 0.717) is 17.2 Å². The molecule has 1 aromatic rings. The second-order valence-electron chi connectivity index (χ2n) is 5.24. The number of rotatable bonds is 4. The minimum Gasteiger partial charge on any atom is -0.486 e. The molecular weight excluding hydrogens is 252 g/mol. The Balaban J connectivity index is 1.63. The summed E-state index contributed by atoms with van der Waals surface area (Å²) in [6.45, 7) is 2.50. The molecule has 1 saturated carbocycles. The van der Waals surface area contributed by atoms with E-state index >= 15 is 0 Å². The first-order chi connectivity index (χ1) is 8.83. The van der Waals surface area contributed by atoms with Gasteiger partial charge in [0.1, 0.15) is 0 Å². The van der Waals surface area contributed by atoms with Crippen LogP contribution in [0.25, 0.3) is 0 Å². The maximum atomic E-state index is 6.32. The van der Waals surface area contributed by atoms with E-state index in [1.807, 2.05) is 4.68 Å². The second-order valence-corrected chi connectivity index (χ2v) is 5.59. The van der Waals surface area contributed by atoms with Crippen LogP contribution in [0.4, 0.5) is 0 Å². The topological polar surface area (TPSA) is 36.3 Å². The maximum absolute atomic E-state index is 6.32. The van der Waals surface area contributed by atoms with Crippen LogP contribution in [0.2, 0.25) is 5.15 Å². The Morgan fingerprint density at radius 2 is 2.22 bits per heavy atom. The van der Waals surface area contributed by atoms with Crippen molar-refractivity contribution in [2.24, 2.45) is 5.92 Å². The Morgan fingerprint density at radius 1 is 1.39 bits per heavy atom. The Bertz CT molecular complexity index is 360. The average Bonchev–Trinajstić information content (AvgIpc) is 3.08. The van der Waals surface area contributed by atoms with Crippen molar-refractivity contribution in [3.63, 3.8) is 0 Å². The molecular formula is C13H19ClN2O2. The molecule has 100 valence electrons. The van der Waals surface area contributed by atoms with Gasteiger partial charge < -0.3 is 9.47 Å². The quantitative estimate of drug-likeness (QED) is 0.844. The highest BCUT2D eigenvalue weighted by Crippen LogP contribution is 2.30. The molecule has 0 bridgehead atoms. The number of ether oxygens (including phenoxy) is 2. The largest absolute Gasteiger partial charge is 0.486 e. The fourth-order valence-corrected chi connectivity index (χ4v) is 2.92. The molecule has 0 radical (unpaired) electrons. The van der Waals surface area contributed by atoms with E-state index in [1.165, 1.54) is 12.8 Å². The first kappa shape index (κ1) is 12.3. The second kappa shape index (κ2) is 5.49. The Morgan fingerprint density at radius 3 is 2.94 bits per heavy atom. The van der Waals surface area contributed by atoms with Gasteiger partial charge in [-0.05, 0) is 32.1 Å². The van der Waals surface area contributed by atoms with Gasteiger partial charge in [0.15, 0.2) is 10.9 Å². The molecule has 1 aliphatic carbocycles. The molecule has 3 rings (SSSR count). The van der Waals surface area contributed by atoms with E-state index in [9.17, 15) is 0 Å². The Hall–Kier alpha value is -0.740. The van der Waals surface area contributed by atoms with Crippen LogP contribution in [-0.4, -0.2) is 29.1 Å². The van der Waals surface area contributed by atoms with Crippen LogP contribution >= 0.6 is 11.6 Å². The van der Waals surface area contributed by atoms with Crippen molar-refractivity contribution in [1.29, 1.82) is 0 Å². The molecule has 1 aromatic heterocycles. The minimum absolute atomic E-state index is 0.329. The SMILES string of the molecule is Clc1c(OC2CCCC2)cnn1CC1CCOC1. The minimum atomic E-state index is 0.329. The zero-order chi connectivity index (χ0) is 12.4. The summed E-state index contributed by atoms with van der Waals surface area (Å²) in [4.78, 5) is 0. The van der Waals surface area contributed by atoms with E-state index in [-0.39, 0.29) is 0 Å². The zero-order valence-electron chi connectivity index (χ0n) is 10.5. The molecule has 18 heavy (non-hydrogen) atoms. The summed E-state index contributed by atoms with van der Waals surface area (Å²) in [7, 11) is 0. The lowest BCUT2D eigenvalue weighted by Gasteiger charge is -2.12. The van der Waals surface area contributed by atoms with Crippen LogP contribution in [0.3, 0.4) is 0 Å². The van der Waals surface area contributed by atoms with Gasteiger partial charge in [-0.3, -0.25) is 4.68 Å². The highest BCUT2D eigenvalue weighted by Gasteiger charge is 2.22. The molecule has 5 heteroatoms. The summed E-state index contributed by atoms with van der Waals surface area (Å²) in [5.41, 5.74) is 0. The smallest absolute Gasteiger partial charge is 0.176 e. The predicted molar refractivity (Wildman–Crippen MR) is 69.0 cm³/mol. The van der Waals surface area contributed by atoms with E-state index in [1.54, 1.807) is 6.20 Å². The van der Waals surface area contributed by atoms with E-state index in [0.717, 1.165) is 44.8 Å². The summed E-state index contributed by atoms with van der Waals surface area (Å²) in [6, 6.07) is 0. The number of aromatic nitrogens is 2. The number of hydrogen-bond donors (Lipinski definition) is 0. The van der Waals surface area contributed by atoms with E-state index in [4.69, 9.17) is 21.1 Å². The van der Waals surface area contributed by atoms with Gasteiger partial charge in [-0.25, -0.2) is 0 Å². The highest BCUT2D eigenvalue weighted by molar-refractivity contribution is 6.31. The lowest BCUT2D eigenvalue weighted by molar-refractivity contribution is 0.181. The Kier molecular flexibility index (Phi) is 3.75. The zero-order valence-corrected chi connectivity index (χ0v) is 11.2. The van der Waals surface area contributed by atoms with E-state index in [2.05, 4.69) is 5.10 Å². The van der Waals surface area contributed by atoms with Crippen molar-refractivity contribution in [3.05, 3.63) is 11.3 Å². The third-order valence-corrected chi connectivity index (χ3v) is 4.18. The summed E-state index contributed by atoms with van der Waals surface area (Å²) in [5, 5.41) is 4.96. The van der Waals surface area contributed by atoms with Crippen molar-refractivity contribution >= 4 is 11.6 Å². The maximum Gasteiger partial charge on any atom is 0.176 e. The highest BCUT2D eigenvalue weighted by atomic mass is 35.5. The summed E-state index contributed by atoms with van der Waals surface area (Å²) >= 11 is 6.32. The molecule has 4 nitrogen and oxygen atoms in total. The van der Waals surface area contributed by atoms with Crippen LogP contribution in [0, 0.1) is 5.92 Å². The summed E-state index contributed by atoms with van der Waals surface area (Å²) in [6.07, 6.45) is 7.96. The monoisotopic (exact) mass is 270 g/mol. The van der Waals surface area contributed by atoms with Gasteiger partial charge in [0.25, 0.3) is 0 Å². The average molecular weight is 271 g/mol. The van der Waals surface area contributed by atoms with Crippen molar-refractivity contribution in [2.75, 3.05) is 13.2 Å². The molecule has 1 aliphatic heterocycles. The van der Waals surface area contributed by atoms with Crippen LogP contribution in [0.15, 0.2) is 6.20 Å². The van der Waals surface area contributed by atoms with Gasteiger partial charge in [-0.2, -0.15) is 5.10 Å². The molecule has 2 fully saturated rings. The fraction of sp³-hybridized carbons (Fsp3) is 0.769. The first-order valence-electron chi connectivity index (χ1n) is 6.78. The molecule has 0 spiro atoms. The van der Waals surface area contributed by atoms with Crippen molar-refractivity contribution in [2.45, 2.75) is 44.8 Å². The lowest BCUT2D eigenvalue weighted by atomic mass is 10.1. The first-order valence-corrected chi connectivity index (χ1v) is 7.16. The van der Waals surface area contributed by atoms with Gasteiger partial charge in [-0.1, -0.05) is 11.6 Å². The molecule has 2 aliphatic rings. The van der Waals surface area contributed by atoms with Crippen LogP contribution in [0.1, 0.15) is 32.1 Å². The number of nitrogens with zero attached hydrogens (tertiary/aromatic N) is 2. The molecule has 0 amide bonds. The number of hydrogen-bond acceptors (Lipinski definition) is 3. The van der Waals surface area contributed by atoms with Crippen molar-refractivity contribution in [3.8, 4) is 5.75 Å². The van der Waals surface area contributed by atoms with Crippen LogP contribution < -0.4 is 4.74 Å². The normalized spacial score (nSPS) is 24.8. The van der Waals surface area contributed by atoms with Crippen molar-refractivity contribution < 1.29 is 9.47 Å². The van der Waals surface area contributed by atoms with Crippen molar-refractivity contribution in [1.82, 2.24) is 9.78 Å². The molecule has 0 aromatic carbocycles. The van der Waals surface area contributed by atoms with Gasteiger partial charge in [-0.15, -0.1) is 0 Å². The molecule has 2 heterocycles. The molecule has 1 unspecified atom stereocenters. The summed E-state index contributed by atoms with van der Waals surface area (Å²) in [5.74, 6) is 1.27. The molecule has 0 N–H and O–H groups in total. The summed E-state index contributed by atoms with van der Waals surface area (Å²) < 4.78 is 13.1. The predicted octanol–water partition coefficient (Wildman–Crippen LogP) is 2.89. The van der Waals surface area contributed by atoms with Gasteiger partial charge in [0.05, 0.1) is 18.9 Å².